The van der Waals surface area contributed by atoms with Gasteiger partial charge in [-0.05, 0) is 0 Å². The monoisotopic (exact) mass is 127 g/mol. The molecule has 0 atom stereocenters. The van der Waals surface area contributed by atoms with E-state index < -0.39 is 0 Å². The van der Waals surface area contributed by atoms with E-state index in [1.54, 1.807) is 0 Å². The van der Waals surface area contributed by atoms with E-state index in [2.05, 4.69) is 0 Å². The molecule has 0 aromatic carbocycles. The van der Waals surface area contributed by atoms with Crippen molar-refractivity contribution < 1.29 is 32.9 Å². The van der Waals surface area contributed by atoms with Crippen molar-refractivity contribution in [2.24, 2.45) is 0 Å². The summed E-state index contributed by atoms with van der Waals surface area (Å²) in [5, 5.41) is 0. The van der Waals surface area contributed by atoms with E-state index in [4.69, 9.17) is 0 Å². The minimum Gasteiger partial charge on any atom is -0.870 e. The summed E-state index contributed by atoms with van der Waals surface area (Å²) in [7, 11) is 0. The summed E-state index contributed by atoms with van der Waals surface area (Å²) >= 11 is 0. The van der Waals surface area contributed by atoms with Crippen LogP contribution in [0, 0.1) is 0 Å². The molecule has 0 heterocycles. The third-order valence-electron chi connectivity index (χ3n) is 0. The maximum Gasteiger partial charge on any atom is 2.00 e. The van der Waals surface area contributed by atoms with Crippen molar-refractivity contribution in [1.82, 2.24) is 6.15 Å². The number of rotatable bonds is 0. The van der Waals surface area contributed by atoms with Gasteiger partial charge in [-0.1, -0.05) is 0 Å². The Morgan fingerprint density at radius 1 is 0.600 bits per heavy atom. The third kappa shape index (κ3) is 212. The first-order chi connectivity index (χ1) is 0. The SMILES string of the molecule is [NH4+].[Ni+2].[OH-].[OH-].[OH-]. The van der Waals surface area contributed by atoms with Crippen molar-refractivity contribution in [2.45, 2.75) is 0 Å². The average molecular weight is 128 g/mol. The van der Waals surface area contributed by atoms with Gasteiger partial charge in [0.25, 0.3) is 0 Å². The topological polar surface area (TPSA) is 126 Å². The van der Waals surface area contributed by atoms with E-state index in [-0.39, 0.29) is 39.1 Å². The maximum atomic E-state index is 0. The van der Waals surface area contributed by atoms with Gasteiger partial charge in [0.15, 0.2) is 0 Å². The van der Waals surface area contributed by atoms with Crippen LogP contribution >= 0.6 is 0 Å². The summed E-state index contributed by atoms with van der Waals surface area (Å²) < 4.78 is 0. The second kappa shape index (κ2) is 433. The second-order valence-electron chi connectivity index (χ2n) is 0. The van der Waals surface area contributed by atoms with Gasteiger partial charge in [0.05, 0.1) is 0 Å². The van der Waals surface area contributed by atoms with Gasteiger partial charge in [-0.15, -0.1) is 0 Å². The quantitative estimate of drug-likeness (QED) is 0.455. The van der Waals surface area contributed by atoms with Gasteiger partial charge in [-0.25, -0.2) is 0 Å². The van der Waals surface area contributed by atoms with Crippen LogP contribution < -0.4 is 6.15 Å². The van der Waals surface area contributed by atoms with E-state index >= 15 is 0 Å². The van der Waals surface area contributed by atoms with E-state index in [1.165, 1.54) is 0 Å². The van der Waals surface area contributed by atoms with Crippen molar-refractivity contribution in [3.8, 4) is 0 Å². The van der Waals surface area contributed by atoms with Gasteiger partial charge in [-0.3, -0.25) is 0 Å². The summed E-state index contributed by atoms with van der Waals surface area (Å²) in [5.41, 5.74) is 0. The molecule has 40 valence electrons. The molecule has 0 aliphatic rings. The predicted molar refractivity (Wildman–Crippen MR) is 11.8 cm³/mol. The Bertz CT molecular complexity index is 6.85. The van der Waals surface area contributed by atoms with Gasteiger partial charge < -0.3 is 22.6 Å². The molecule has 0 aliphatic heterocycles. The van der Waals surface area contributed by atoms with Crippen molar-refractivity contribution in [1.29, 1.82) is 0 Å². The molecule has 5 heteroatoms. The number of quaternary nitrogens is 1. The molecule has 0 bridgehead atoms. The summed E-state index contributed by atoms with van der Waals surface area (Å²) in [6, 6.07) is 0. The third-order valence-corrected chi connectivity index (χ3v) is 0. The molecule has 0 saturated heterocycles. The smallest absolute Gasteiger partial charge is 0.870 e. The van der Waals surface area contributed by atoms with Crippen molar-refractivity contribution in [3.05, 3.63) is 0 Å². The van der Waals surface area contributed by atoms with Gasteiger partial charge >= 0.3 is 16.5 Å². The molecule has 0 amide bonds. The fraction of sp³-hybridized carbons (Fsp3) is 0. The van der Waals surface area contributed by atoms with Crippen molar-refractivity contribution in [3.63, 3.8) is 0 Å². The van der Waals surface area contributed by atoms with Crippen LogP contribution in [0.5, 0.6) is 0 Å². The molecule has 0 rings (SSSR count). The molecular formula is H7NNiO3. The van der Waals surface area contributed by atoms with Crippen LogP contribution in [0.3, 0.4) is 0 Å². The van der Waals surface area contributed by atoms with Crippen molar-refractivity contribution in [2.75, 3.05) is 0 Å². The Labute approximate surface area is 40.0 Å². The number of hydrogen-bond donors (Lipinski definition) is 1. The van der Waals surface area contributed by atoms with Gasteiger partial charge in [0.1, 0.15) is 0 Å². The average Bonchev–Trinajstić information content (AvgIpc) is 0. The molecule has 7 N–H and O–H groups in total. The van der Waals surface area contributed by atoms with E-state index in [9.17, 15) is 0 Å². The summed E-state index contributed by atoms with van der Waals surface area (Å²) in [6.07, 6.45) is 0. The van der Waals surface area contributed by atoms with Gasteiger partial charge in [-0.2, -0.15) is 0 Å². The summed E-state index contributed by atoms with van der Waals surface area (Å²) in [6.45, 7) is 0. The van der Waals surface area contributed by atoms with Crippen LogP contribution in [0.4, 0.5) is 0 Å². The Kier molecular flexibility index (Phi) is 78000. The van der Waals surface area contributed by atoms with E-state index in [0.717, 1.165) is 0 Å². The standard InChI is InChI=1S/H3N.Ni.3H2O/h1H3;;3*1H2/q;+2;;;/p-2. The molecule has 0 unspecified atom stereocenters. The summed E-state index contributed by atoms with van der Waals surface area (Å²) in [4.78, 5) is 0. The molecule has 0 spiro atoms. The first kappa shape index (κ1) is 900. The molecule has 0 radical (unpaired) electrons. The Morgan fingerprint density at radius 3 is 0.600 bits per heavy atom. The minimum absolute atomic E-state index is 0. The zero-order valence-electron chi connectivity index (χ0n) is 2.66. The molecule has 4 nitrogen and oxygen atoms in total. The van der Waals surface area contributed by atoms with Crippen molar-refractivity contribution >= 4 is 0 Å². The number of hydrogen-bond acceptors (Lipinski definition) is 3. The minimum atomic E-state index is 0. The van der Waals surface area contributed by atoms with E-state index in [0.29, 0.717) is 0 Å². The molecule has 5 heavy (non-hydrogen) atoms. The first-order valence-electron chi connectivity index (χ1n) is 0. The molecule has 0 fully saturated rings. The molecule has 0 saturated carbocycles. The summed E-state index contributed by atoms with van der Waals surface area (Å²) in [5.74, 6) is 0. The Morgan fingerprint density at radius 2 is 0.600 bits per heavy atom. The molecular weight excluding hydrogens is 121 g/mol. The van der Waals surface area contributed by atoms with Crippen LogP contribution in [0.15, 0.2) is 0 Å². The maximum absolute atomic E-state index is 0. The van der Waals surface area contributed by atoms with Crippen LogP contribution in [-0.2, 0) is 16.5 Å². The Balaban J connectivity index is 0. The normalized spacial score (nSPS) is 0. The Hall–Kier alpha value is 0.334. The largest absolute Gasteiger partial charge is 2.00 e. The first-order valence-corrected chi connectivity index (χ1v) is 0. The zero-order valence-corrected chi connectivity index (χ0v) is 3.65. The van der Waals surface area contributed by atoms with Gasteiger partial charge in [0.2, 0.25) is 0 Å². The molecule has 0 aromatic heterocycles. The zero-order chi connectivity index (χ0) is 0. The molecule has 0 aliphatic carbocycles. The second-order valence-corrected chi connectivity index (χ2v) is 0. The van der Waals surface area contributed by atoms with Crippen LogP contribution in [0.25, 0.3) is 0 Å². The fourth-order valence-corrected chi connectivity index (χ4v) is 0. The fourth-order valence-electron chi connectivity index (χ4n) is 0. The van der Waals surface area contributed by atoms with Gasteiger partial charge in [0, 0.05) is 0 Å². The van der Waals surface area contributed by atoms with Crippen LogP contribution in [-0.4, -0.2) is 16.4 Å². The van der Waals surface area contributed by atoms with Crippen LogP contribution in [0.1, 0.15) is 0 Å². The van der Waals surface area contributed by atoms with E-state index in [1.807, 2.05) is 0 Å². The molecule has 0 aromatic rings. The van der Waals surface area contributed by atoms with Crippen LogP contribution in [0.2, 0.25) is 0 Å². The predicted octanol–water partition coefficient (Wildman–Crippen LogP) is -0.157.